The van der Waals surface area contributed by atoms with Gasteiger partial charge in [-0.15, -0.1) is 5.10 Å². The fraction of sp³-hybridized carbons (Fsp3) is 0.357. The first-order valence-electron chi connectivity index (χ1n) is 13.1. The van der Waals surface area contributed by atoms with E-state index in [1.54, 1.807) is 36.1 Å². The molecule has 42 heavy (non-hydrogen) atoms. The Balaban J connectivity index is 0.000000247. The SMILES string of the molecule is COc1c(-c2ccc([N+](=O)[O-])cc2)c(C)nn1COCC[Si](C)(C)C.COc1n[nH]c(C)c1-c1ccc([N+](=O)[O-])cc1. The van der Waals surface area contributed by atoms with Crippen molar-refractivity contribution in [2.75, 3.05) is 20.8 Å². The van der Waals surface area contributed by atoms with Gasteiger partial charge in [0.2, 0.25) is 11.8 Å². The van der Waals surface area contributed by atoms with Crippen LogP contribution in [0.25, 0.3) is 22.3 Å². The third-order valence-electron chi connectivity index (χ3n) is 6.33. The van der Waals surface area contributed by atoms with E-state index in [0.29, 0.717) is 25.1 Å². The quantitative estimate of drug-likeness (QED) is 0.0895. The van der Waals surface area contributed by atoms with E-state index in [4.69, 9.17) is 14.2 Å². The van der Waals surface area contributed by atoms with Crippen molar-refractivity contribution >= 4 is 19.4 Å². The van der Waals surface area contributed by atoms with Crippen molar-refractivity contribution in [2.24, 2.45) is 0 Å². The molecule has 1 N–H and O–H groups in total. The molecule has 2 heterocycles. The molecule has 0 radical (unpaired) electrons. The van der Waals surface area contributed by atoms with Gasteiger partial charge in [-0.25, -0.2) is 4.68 Å². The monoisotopic (exact) mass is 596 g/mol. The number of ether oxygens (including phenoxy) is 3. The van der Waals surface area contributed by atoms with Gasteiger partial charge in [-0.05, 0) is 55.3 Å². The van der Waals surface area contributed by atoms with E-state index in [0.717, 1.165) is 39.7 Å². The number of benzene rings is 2. The number of non-ortho nitro benzene ring substituents is 2. The van der Waals surface area contributed by atoms with Crippen LogP contribution >= 0.6 is 0 Å². The van der Waals surface area contributed by atoms with Crippen LogP contribution in [0.15, 0.2) is 48.5 Å². The molecular formula is C28H36N6O7Si. The second-order valence-corrected chi connectivity index (χ2v) is 16.3. The minimum Gasteiger partial charge on any atom is -0.481 e. The molecule has 14 heteroatoms. The van der Waals surface area contributed by atoms with Crippen molar-refractivity contribution in [2.45, 2.75) is 46.3 Å². The van der Waals surface area contributed by atoms with Crippen molar-refractivity contribution in [1.82, 2.24) is 20.0 Å². The average Bonchev–Trinajstić information content (AvgIpc) is 3.49. The van der Waals surface area contributed by atoms with Crippen molar-refractivity contribution in [3.63, 3.8) is 0 Å². The van der Waals surface area contributed by atoms with Gasteiger partial charge < -0.3 is 14.2 Å². The van der Waals surface area contributed by atoms with Crippen LogP contribution in [-0.2, 0) is 11.5 Å². The van der Waals surface area contributed by atoms with Gasteiger partial charge in [0.15, 0.2) is 0 Å². The van der Waals surface area contributed by atoms with E-state index >= 15 is 0 Å². The number of H-pyrrole nitrogens is 1. The predicted molar refractivity (Wildman–Crippen MR) is 162 cm³/mol. The number of aryl methyl sites for hydroxylation is 2. The fourth-order valence-electron chi connectivity index (χ4n) is 4.11. The topological polar surface area (TPSA) is 160 Å². The minimum absolute atomic E-state index is 0.0578. The van der Waals surface area contributed by atoms with E-state index in [-0.39, 0.29) is 11.4 Å². The number of aromatic amines is 1. The lowest BCUT2D eigenvalue weighted by atomic mass is 10.1. The highest BCUT2D eigenvalue weighted by Crippen LogP contribution is 2.34. The average molecular weight is 597 g/mol. The van der Waals surface area contributed by atoms with Crippen LogP contribution in [0.5, 0.6) is 11.8 Å². The Labute approximate surface area is 244 Å². The second-order valence-electron chi connectivity index (χ2n) is 10.7. The summed E-state index contributed by atoms with van der Waals surface area (Å²) in [6.07, 6.45) is 0. The summed E-state index contributed by atoms with van der Waals surface area (Å²) in [6.45, 7) is 11.7. The summed E-state index contributed by atoms with van der Waals surface area (Å²) in [4.78, 5) is 20.5. The standard InChI is InChI=1S/C17H25N3O4Si.C11H11N3O3/c1-13-16(14-6-8-15(9-7-14)20(21)22)17(23-2)19(18-13)12-24-10-11-25(3,4)5;1-7-10(11(17-2)13-12-7)8-3-5-9(6-4-8)14(15)16/h6-9H,10-12H2,1-5H3;3-6H,1-2H3,(H,12,13). The van der Waals surface area contributed by atoms with E-state index < -0.39 is 17.9 Å². The molecule has 0 amide bonds. The number of rotatable bonds is 11. The van der Waals surface area contributed by atoms with Crippen LogP contribution in [0.1, 0.15) is 11.4 Å². The number of methoxy groups -OCH3 is 2. The summed E-state index contributed by atoms with van der Waals surface area (Å²) in [7, 11) is 1.99. The lowest BCUT2D eigenvalue weighted by molar-refractivity contribution is -0.385. The van der Waals surface area contributed by atoms with Gasteiger partial charge in [0.05, 0.1) is 40.9 Å². The first kappa shape index (κ1) is 32.0. The molecular weight excluding hydrogens is 560 g/mol. The summed E-state index contributed by atoms with van der Waals surface area (Å²) in [5.41, 5.74) is 5.08. The molecule has 4 aromatic rings. The number of nitro groups is 2. The summed E-state index contributed by atoms with van der Waals surface area (Å²) in [5.74, 6) is 1.08. The van der Waals surface area contributed by atoms with Gasteiger partial charge in [-0.3, -0.25) is 25.3 Å². The number of nitrogens with one attached hydrogen (secondary N) is 1. The second kappa shape index (κ2) is 13.9. The van der Waals surface area contributed by atoms with Crippen molar-refractivity contribution < 1.29 is 24.1 Å². The molecule has 0 aliphatic rings. The minimum atomic E-state index is -1.13. The van der Waals surface area contributed by atoms with Crippen molar-refractivity contribution in [1.29, 1.82) is 0 Å². The zero-order chi connectivity index (χ0) is 31.0. The number of hydrogen-bond donors (Lipinski definition) is 1. The van der Waals surface area contributed by atoms with Crippen molar-refractivity contribution in [3.05, 3.63) is 80.1 Å². The molecule has 0 saturated heterocycles. The summed E-state index contributed by atoms with van der Waals surface area (Å²) in [6, 6.07) is 13.7. The number of nitro benzene ring substituents is 2. The number of nitrogens with zero attached hydrogens (tertiary/aromatic N) is 5. The van der Waals surface area contributed by atoms with Gasteiger partial charge in [-0.2, -0.15) is 5.10 Å². The molecule has 0 aliphatic carbocycles. The summed E-state index contributed by atoms with van der Waals surface area (Å²) >= 11 is 0. The largest absolute Gasteiger partial charge is 0.481 e. The normalized spacial score (nSPS) is 11.0. The number of aromatic nitrogens is 4. The lowest BCUT2D eigenvalue weighted by Crippen LogP contribution is -2.22. The Kier molecular flexibility index (Phi) is 10.6. The molecule has 0 unspecified atom stereocenters. The maximum atomic E-state index is 10.8. The van der Waals surface area contributed by atoms with Crippen LogP contribution in [0.2, 0.25) is 25.7 Å². The Hall–Kier alpha value is -4.56. The Bertz CT molecular complexity index is 1510. The highest BCUT2D eigenvalue weighted by atomic mass is 28.3. The third kappa shape index (κ3) is 8.01. The van der Waals surface area contributed by atoms with E-state index in [2.05, 4.69) is 34.9 Å². The smallest absolute Gasteiger partial charge is 0.269 e. The van der Waals surface area contributed by atoms with Crippen LogP contribution < -0.4 is 9.47 Å². The molecule has 0 fully saturated rings. The first-order chi connectivity index (χ1) is 19.9. The van der Waals surface area contributed by atoms with Crippen LogP contribution in [-0.4, -0.2) is 58.7 Å². The molecule has 13 nitrogen and oxygen atoms in total. The summed E-state index contributed by atoms with van der Waals surface area (Å²) < 4.78 is 18.1. The van der Waals surface area contributed by atoms with Gasteiger partial charge in [0.25, 0.3) is 11.4 Å². The Morgan fingerprint density at radius 1 is 0.857 bits per heavy atom. The molecule has 0 bridgehead atoms. The van der Waals surface area contributed by atoms with Gasteiger partial charge >= 0.3 is 0 Å². The van der Waals surface area contributed by atoms with E-state index in [1.807, 2.05) is 13.8 Å². The Morgan fingerprint density at radius 2 is 1.38 bits per heavy atom. The van der Waals surface area contributed by atoms with Crippen LogP contribution in [0.4, 0.5) is 11.4 Å². The molecule has 4 rings (SSSR count). The van der Waals surface area contributed by atoms with Gasteiger partial charge in [0.1, 0.15) is 6.73 Å². The highest BCUT2D eigenvalue weighted by Gasteiger charge is 2.19. The zero-order valence-corrected chi connectivity index (χ0v) is 25.8. The van der Waals surface area contributed by atoms with Crippen LogP contribution in [0.3, 0.4) is 0 Å². The molecule has 224 valence electrons. The molecule has 2 aromatic carbocycles. The van der Waals surface area contributed by atoms with Gasteiger partial charge in [-0.1, -0.05) is 19.6 Å². The highest BCUT2D eigenvalue weighted by molar-refractivity contribution is 6.76. The number of hydrogen-bond acceptors (Lipinski definition) is 9. The fourth-order valence-corrected chi connectivity index (χ4v) is 4.87. The zero-order valence-electron chi connectivity index (χ0n) is 24.8. The first-order valence-corrected chi connectivity index (χ1v) is 16.8. The molecule has 2 aromatic heterocycles. The summed E-state index contributed by atoms with van der Waals surface area (Å²) in [5, 5.41) is 32.7. The van der Waals surface area contributed by atoms with E-state index in [1.165, 1.54) is 31.4 Å². The molecule has 0 saturated carbocycles. The molecule has 0 atom stereocenters. The lowest BCUT2D eigenvalue weighted by Gasteiger charge is -2.15. The van der Waals surface area contributed by atoms with Crippen molar-refractivity contribution in [3.8, 4) is 34.0 Å². The third-order valence-corrected chi connectivity index (χ3v) is 8.03. The Morgan fingerprint density at radius 3 is 1.83 bits per heavy atom. The maximum Gasteiger partial charge on any atom is 0.269 e. The van der Waals surface area contributed by atoms with E-state index in [9.17, 15) is 20.2 Å². The van der Waals surface area contributed by atoms with Crippen LogP contribution in [0, 0.1) is 34.1 Å². The predicted octanol–water partition coefficient (Wildman–Crippen LogP) is 6.39. The maximum absolute atomic E-state index is 10.8. The molecule has 0 aliphatic heterocycles. The molecule has 0 spiro atoms. The van der Waals surface area contributed by atoms with Gasteiger partial charge in [0, 0.05) is 44.6 Å².